The number of hydrogen-bond acceptors (Lipinski definition) is 6. The molecule has 0 aromatic carbocycles. The second-order valence-corrected chi connectivity index (χ2v) is 4.01. The van der Waals surface area contributed by atoms with Crippen LogP contribution in [0.25, 0.3) is 0 Å². The smallest absolute Gasteiger partial charge is 0.328 e. The van der Waals surface area contributed by atoms with E-state index in [9.17, 15) is 28.8 Å². The van der Waals surface area contributed by atoms with E-state index in [0.29, 0.717) is 37.1 Å². The number of unbranched alkanes of at least 4 members (excludes halogenated alkanes) is 1. The van der Waals surface area contributed by atoms with Crippen molar-refractivity contribution in [2.45, 2.75) is 25.7 Å². The van der Waals surface area contributed by atoms with Crippen LogP contribution in [0.1, 0.15) is 25.7 Å². The van der Waals surface area contributed by atoms with Crippen LogP contribution in [-0.2, 0) is 28.8 Å². The molecule has 0 spiro atoms. The highest BCUT2D eigenvalue weighted by Crippen LogP contribution is 1.98. The first-order valence-electron chi connectivity index (χ1n) is 6.59. The summed E-state index contributed by atoms with van der Waals surface area (Å²) >= 11 is 0. The Morgan fingerprint density at radius 1 is 0.462 bits per heavy atom. The lowest BCUT2D eigenvalue weighted by Crippen LogP contribution is -1.97. The largest absolute Gasteiger partial charge is 0.481 e. The Labute approximate surface area is 146 Å². The fourth-order valence-electron chi connectivity index (χ4n) is 0.838. The van der Waals surface area contributed by atoms with Gasteiger partial charge in [0.1, 0.15) is 0 Å². The Kier molecular flexibility index (Phi) is 18.4. The van der Waals surface area contributed by atoms with Crippen molar-refractivity contribution in [3.05, 3.63) is 24.3 Å². The van der Waals surface area contributed by atoms with E-state index in [-0.39, 0.29) is 12.8 Å². The lowest BCUT2D eigenvalue weighted by Gasteiger charge is -1.92. The molecule has 0 unspecified atom stereocenters. The number of carbonyl (C=O) groups is 6. The Hall–Kier alpha value is -3.70. The van der Waals surface area contributed by atoms with E-state index >= 15 is 0 Å². The van der Waals surface area contributed by atoms with E-state index in [1.165, 1.54) is 0 Å². The summed E-state index contributed by atoms with van der Waals surface area (Å²) in [6.07, 6.45) is 3.25. The molecule has 146 valence electrons. The maximum Gasteiger partial charge on any atom is 0.328 e. The molecule has 0 saturated carbocycles. The molecule has 0 aromatic heterocycles. The molecule has 0 aliphatic rings. The zero-order valence-electron chi connectivity index (χ0n) is 13.3. The summed E-state index contributed by atoms with van der Waals surface area (Å²) in [6, 6.07) is 0. The topological polar surface area (TPSA) is 224 Å². The summed E-state index contributed by atoms with van der Waals surface area (Å²) in [5, 5.41) is 47.5. The van der Waals surface area contributed by atoms with E-state index in [4.69, 9.17) is 30.6 Å². The summed E-state index contributed by atoms with van der Waals surface area (Å²) in [7, 11) is 0. The van der Waals surface area contributed by atoms with Gasteiger partial charge in [-0.15, -0.1) is 0 Å². The molecule has 0 fully saturated rings. The summed E-state index contributed by atoms with van der Waals surface area (Å²) in [5.41, 5.74) is 0. The second kappa shape index (κ2) is 17.7. The second-order valence-electron chi connectivity index (χ2n) is 4.01. The summed E-state index contributed by atoms with van der Waals surface area (Å²) in [4.78, 5) is 58.0. The molecule has 0 aliphatic carbocycles. The first kappa shape index (κ1) is 27.2. The minimum atomic E-state index is -1.26. The van der Waals surface area contributed by atoms with Gasteiger partial charge >= 0.3 is 35.8 Å². The predicted molar refractivity (Wildman–Crippen MR) is 82.6 cm³/mol. The number of aliphatic carboxylic acids is 6. The van der Waals surface area contributed by atoms with E-state index in [0.717, 1.165) is 0 Å². The monoisotopic (exact) mass is 378 g/mol. The van der Waals surface area contributed by atoms with Crippen LogP contribution >= 0.6 is 0 Å². The van der Waals surface area contributed by atoms with Crippen molar-refractivity contribution in [3.8, 4) is 0 Å². The highest BCUT2D eigenvalue weighted by atomic mass is 16.4. The molecular formula is C14H18O12. The molecule has 0 bridgehead atoms. The van der Waals surface area contributed by atoms with Crippen molar-refractivity contribution >= 4 is 35.8 Å². The maximum absolute atomic E-state index is 9.90. The highest BCUT2D eigenvalue weighted by Gasteiger charge is 1.99. The van der Waals surface area contributed by atoms with Crippen LogP contribution in [0.3, 0.4) is 0 Å². The molecule has 26 heavy (non-hydrogen) atoms. The molecule has 12 heteroatoms. The van der Waals surface area contributed by atoms with Crippen LogP contribution in [-0.4, -0.2) is 66.5 Å². The van der Waals surface area contributed by atoms with Gasteiger partial charge in [-0.05, 0) is 12.8 Å². The normalized spacial score (nSPS) is 9.38. The zero-order valence-corrected chi connectivity index (χ0v) is 13.3. The minimum Gasteiger partial charge on any atom is -0.481 e. The van der Waals surface area contributed by atoms with Gasteiger partial charge in [0.2, 0.25) is 0 Å². The third-order valence-electron chi connectivity index (χ3n) is 1.77. The van der Waals surface area contributed by atoms with E-state index in [2.05, 4.69) is 0 Å². The first-order valence-corrected chi connectivity index (χ1v) is 6.59. The number of carboxylic acids is 6. The van der Waals surface area contributed by atoms with Gasteiger partial charge in [-0.2, -0.15) is 0 Å². The van der Waals surface area contributed by atoms with E-state index < -0.39 is 35.8 Å². The molecule has 0 aromatic rings. The van der Waals surface area contributed by atoms with Gasteiger partial charge in [0, 0.05) is 37.1 Å². The predicted octanol–water partition coefficient (Wildman–Crippen LogP) is 0.140. The molecule has 0 amide bonds. The van der Waals surface area contributed by atoms with Gasteiger partial charge < -0.3 is 30.6 Å². The molecule has 0 saturated heterocycles. The Morgan fingerprint density at radius 3 is 0.769 bits per heavy atom. The third-order valence-corrected chi connectivity index (χ3v) is 1.77. The van der Waals surface area contributed by atoms with Crippen molar-refractivity contribution in [1.82, 2.24) is 0 Å². The Bertz CT molecular complexity index is 476. The van der Waals surface area contributed by atoms with Crippen molar-refractivity contribution < 1.29 is 59.4 Å². The molecular weight excluding hydrogens is 360 g/mol. The van der Waals surface area contributed by atoms with Crippen molar-refractivity contribution in [1.29, 1.82) is 0 Å². The summed E-state index contributed by atoms with van der Waals surface area (Å²) in [6.45, 7) is 0. The summed E-state index contributed by atoms with van der Waals surface area (Å²) in [5.74, 6) is -6.77. The maximum atomic E-state index is 9.90. The molecule has 6 N–H and O–H groups in total. The van der Waals surface area contributed by atoms with Gasteiger partial charge in [-0.1, -0.05) is 0 Å². The van der Waals surface area contributed by atoms with Crippen LogP contribution < -0.4 is 0 Å². The fraction of sp³-hybridized carbons (Fsp3) is 0.286. The quantitative estimate of drug-likeness (QED) is 0.233. The van der Waals surface area contributed by atoms with Crippen LogP contribution in [0, 0.1) is 0 Å². The van der Waals surface area contributed by atoms with Crippen LogP contribution in [0.2, 0.25) is 0 Å². The van der Waals surface area contributed by atoms with Crippen molar-refractivity contribution in [2.75, 3.05) is 0 Å². The molecule has 0 aliphatic heterocycles. The van der Waals surface area contributed by atoms with Gasteiger partial charge in [0.15, 0.2) is 0 Å². The fourth-order valence-corrected chi connectivity index (χ4v) is 0.838. The van der Waals surface area contributed by atoms with Crippen LogP contribution in [0.15, 0.2) is 24.3 Å². The van der Waals surface area contributed by atoms with E-state index in [1.54, 1.807) is 0 Å². The number of rotatable bonds is 9. The molecule has 0 radical (unpaired) electrons. The van der Waals surface area contributed by atoms with Gasteiger partial charge in [0.05, 0.1) is 0 Å². The van der Waals surface area contributed by atoms with E-state index in [1.807, 2.05) is 0 Å². The third kappa shape index (κ3) is 42.7. The van der Waals surface area contributed by atoms with Gasteiger partial charge in [-0.25, -0.2) is 19.2 Å². The first-order chi connectivity index (χ1) is 11.9. The number of carboxylic acid groups (broad SMARTS) is 6. The summed E-state index contributed by atoms with van der Waals surface area (Å²) < 4.78 is 0. The molecule has 0 rings (SSSR count). The van der Waals surface area contributed by atoms with Gasteiger partial charge in [-0.3, -0.25) is 9.59 Å². The van der Waals surface area contributed by atoms with Crippen LogP contribution in [0.4, 0.5) is 0 Å². The minimum absolute atomic E-state index is 0.0628. The lowest BCUT2D eigenvalue weighted by atomic mass is 10.2. The average molecular weight is 378 g/mol. The van der Waals surface area contributed by atoms with Gasteiger partial charge in [0.25, 0.3) is 0 Å². The highest BCUT2D eigenvalue weighted by molar-refractivity contribution is 5.90. The Morgan fingerprint density at radius 2 is 0.654 bits per heavy atom. The standard InChI is InChI=1S/C6H10O4.2C4H4O4/c7-5(8)3-1-2-4-6(9)10;2*5-3(6)1-2-4(7)8/h1-4H2,(H,7,8)(H,9,10);2*1-2H,(H,5,6)(H,7,8)/b;2*2-1-. The molecule has 12 nitrogen and oxygen atoms in total. The van der Waals surface area contributed by atoms with Crippen molar-refractivity contribution in [2.24, 2.45) is 0 Å². The SMILES string of the molecule is O=C(O)/C=C\C(=O)O.O=C(O)/C=C\C(=O)O.O=C(O)CCCCC(=O)O. The Balaban J connectivity index is -0.000000308. The number of hydrogen-bond donors (Lipinski definition) is 6. The molecule has 0 heterocycles. The van der Waals surface area contributed by atoms with Crippen molar-refractivity contribution in [3.63, 3.8) is 0 Å². The zero-order chi connectivity index (χ0) is 21.1. The van der Waals surface area contributed by atoms with Crippen LogP contribution in [0.5, 0.6) is 0 Å². The molecule has 0 atom stereocenters. The average Bonchev–Trinajstić information content (AvgIpc) is 2.48. The lowest BCUT2D eigenvalue weighted by molar-refractivity contribution is -0.139.